The highest BCUT2D eigenvalue weighted by Gasteiger charge is 2.39. The number of hydrogen-bond acceptors (Lipinski definition) is 3. The van der Waals surface area contributed by atoms with Gasteiger partial charge in [-0.25, -0.2) is 0 Å². The van der Waals surface area contributed by atoms with Crippen LogP contribution < -0.4 is 5.73 Å². The highest BCUT2D eigenvalue weighted by Crippen LogP contribution is 2.29. The molecule has 1 aliphatic heterocycles. The summed E-state index contributed by atoms with van der Waals surface area (Å²) in [5.41, 5.74) is 5.75. The number of rotatable bonds is 4. The summed E-state index contributed by atoms with van der Waals surface area (Å²) in [6, 6.07) is 0.507. The molecule has 0 amide bonds. The molecule has 0 radical (unpaired) electrons. The maximum atomic E-state index is 6.08. The molecular formula is C13H28N2O. The minimum absolute atomic E-state index is 0.0666. The van der Waals surface area contributed by atoms with Crippen molar-refractivity contribution in [3.05, 3.63) is 0 Å². The molecule has 16 heavy (non-hydrogen) atoms. The second kappa shape index (κ2) is 5.03. The Morgan fingerprint density at radius 1 is 1.19 bits per heavy atom. The smallest absolute Gasteiger partial charge is 0.0760 e. The molecule has 0 spiro atoms. The van der Waals surface area contributed by atoms with Gasteiger partial charge in [-0.3, -0.25) is 4.90 Å². The van der Waals surface area contributed by atoms with Crippen LogP contribution in [0, 0.1) is 0 Å². The second-order valence-corrected chi connectivity index (χ2v) is 6.20. The van der Waals surface area contributed by atoms with Gasteiger partial charge >= 0.3 is 0 Å². The van der Waals surface area contributed by atoms with E-state index in [0.29, 0.717) is 6.04 Å². The van der Waals surface area contributed by atoms with E-state index in [1.54, 1.807) is 0 Å². The van der Waals surface area contributed by atoms with E-state index in [0.717, 1.165) is 19.6 Å². The van der Waals surface area contributed by atoms with Crippen LogP contribution in [-0.2, 0) is 4.74 Å². The van der Waals surface area contributed by atoms with Gasteiger partial charge in [-0.2, -0.15) is 0 Å². The molecular weight excluding hydrogens is 200 g/mol. The molecule has 0 bridgehead atoms. The average molecular weight is 228 g/mol. The van der Waals surface area contributed by atoms with Crippen LogP contribution in [-0.4, -0.2) is 41.8 Å². The van der Waals surface area contributed by atoms with Crippen molar-refractivity contribution >= 4 is 0 Å². The lowest BCUT2D eigenvalue weighted by molar-refractivity contribution is -0.187. The minimum atomic E-state index is -0.0666. The summed E-state index contributed by atoms with van der Waals surface area (Å²) in [4.78, 5) is 2.51. The zero-order valence-corrected chi connectivity index (χ0v) is 11.5. The predicted octanol–water partition coefficient (Wildman–Crippen LogP) is 2.00. The Morgan fingerprint density at radius 2 is 1.69 bits per heavy atom. The molecule has 0 aliphatic carbocycles. The Labute approximate surface area is 100 Å². The van der Waals surface area contributed by atoms with Crippen molar-refractivity contribution in [2.24, 2.45) is 5.73 Å². The van der Waals surface area contributed by atoms with Gasteiger partial charge in [0.15, 0.2) is 0 Å². The third-order valence-corrected chi connectivity index (χ3v) is 3.13. The van der Waals surface area contributed by atoms with E-state index >= 15 is 0 Å². The number of nitrogens with two attached hydrogens (primary N) is 1. The van der Waals surface area contributed by atoms with Gasteiger partial charge < -0.3 is 10.5 Å². The number of hydrogen-bond donors (Lipinski definition) is 1. The molecule has 96 valence electrons. The SMILES string of the molecule is CCCC(CN)N1CC(C)(C)OC(C)(C)C1. The fraction of sp³-hybridized carbons (Fsp3) is 1.00. The van der Waals surface area contributed by atoms with Crippen LogP contribution in [0.5, 0.6) is 0 Å². The zero-order chi connectivity index (χ0) is 12.4. The van der Waals surface area contributed by atoms with Gasteiger partial charge in [0.05, 0.1) is 11.2 Å². The lowest BCUT2D eigenvalue weighted by atomic mass is 9.96. The largest absolute Gasteiger partial charge is 0.367 e. The molecule has 3 nitrogen and oxygen atoms in total. The summed E-state index contributed by atoms with van der Waals surface area (Å²) in [6.07, 6.45) is 2.38. The van der Waals surface area contributed by atoms with Gasteiger partial charge in [-0.05, 0) is 34.1 Å². The van der Waals surface area contributed by atoms with Gasteiger partial charge in [0.1, 0.15) is 0 Å². The van der Waals surface area contributed by atoms with E-state index in [9.17, 15) is 0 Å². The highest BCUT2D eigenvalue weighted by molar-refractivity contribution is 4.92. The van der Waals surface area contributed by atoms with Crippen LogP contribution in [0.25, 0.3) is 0 Å². The first-order valence-corrected chi connectivity index (χ1v) is 6.44. The van der Waals surface area contributed by atoms with E-state index in [2.05, 4.69) is 39.5 Å². The van der Waals surface area contributed by atoms with Crippen molar-refractivity contribution in [3.8, 4) is 0 Å². The molecule has 0 aromatic rings. The fourth-order valence-electron chi connectivity index (χ4n) is 2.89. The number of morpholine rings is 1. The number of ether oxygens (including phenoxy) is 1. The van der Waals surface area contributed by atoms with Gasteiger partial charge in [-0.15, -0.1) is 0 Å². The van der Waals surface area contributed by atoms with Crippen molar-refractivity contribution in [2.75, 3.05) is 19.6 Å². The summed E-state index contributed by atoms with van der Waals surface area (Å²) in [5.74, 6) is 0. The van der Waals surface area contributed by atoms with Crippen LogP contribution >= 0.6 is 0 Å². The summed E-state index contributed by atoms with van der Waals surface area (Å²) in [6.45, 7) is 13.6. The van der Waals surface area contributed by atoms with E-state index in [4.69, 9.17) is 10.5 Å². The minimum Gasteiger partial charge on any atom is -0.367 e. The maximum Gasteiger partial charge on any atom is 0.0760 e. The van der Waals surface area contributed by atoms with Crippen molar-refractivity contribution < 1.29 is 4.74 Å². The van der Waals surface area contributed by atoms with Crippen LogP contribution in [0.2, 0.25) is 0 Å². The maximum absolute atomic E-state index is 6.08. The molecule has 1 saturated heterocycles. The number of nitrogens with zero attached hydrogens (tertiary/aromatic N) is 1. The van der Waals surface area contributed by atoms with Gasteiger partial charge in [0.2, 0.25) is 0 Å². The Hall–Kier alpha value is -0.120. The predicted molar refractivity (Wildman–Crippen MR) is 68.6 cm³/mol. The molecule has 1 heterocycles. The van der Waals surface area contributed by atoms with Crippen LogP contribution in [0.1, 0.15) is 47.5 Å². The topological polar surface area (TPSA) is 38.5 Å². The van der Waals surface area contributed by atoms with Gasteiger partial charge in [-0.1, -0.05) is 13.3 Å². The first kappa shape index (κ1) is 13.9. The third kappa shape index (κ3) is 3.72. The molecule has 0 aromatic heterocycles. The molecule has 1 unspecified atom stereocenters. The van der Waals surface area contributed by atoms with E-state index in [1.807, 2.05) is 0 Å². The molecule has 3 heteroatoms. The van der Waals surface area contributed by atoms with Gasteiger partial charge in [0, 0.05) is 25.7 Å². The van der Waals surface area contributed by atoms with Crippen molar-refractivity contribution in [2.45, 2.75) is 64.7 Å². The first-order valence-electron chi connectivity index (χ1n) is 6.44. The van der Waals surface area contributed by atoms with E-state index in [-0.39, 0.29) is 11.2 Å². The molecule has 1 rings (SSSR count). The van der Waals surface area contributed by atoms with Crippen LogP contribution in [0.3, 0.4) is 0 Å². The molecule has 1 fully saturated rings. The Morgan fingerprint density at radius 3 is 2.06 bits per heavy atom. The molecule has 1 aliphatic rings. The molecule has 0 aromatic carbocycles. The van der Waals surface area contributed by atoms with Crippen LogP contribution in [0.4, 0.5) is 0 Å². The van der Waals surface area contributed by atoms with Crippen molar-refractivity contribution in [1.82, 2.24) is 4.90 Å². The third-order valence-electron chi connectivity index (χ3n) is 3.13. The lowest BCUT2D eigenvalue weighted by Crippen LogP contribution is -2.60. The van der Waals surface area contributed by atoms with Crippen molar-refractivity contribution in [1.29, 1.82) is 0 Å². The van der Waals surface area contributed by atoms with E-state index in [1.165, 1.54) is 12.8 Å². The lowest BCUT2D eigenvalue weighted by Gasteiger charge is -2.49. The second-order valence-electron chi connectivity index (χ2n) is 6.20. The Balaban J connectivity index is 2.72. The molecule has 2 N–H and O–H groups in total. The zero-order valence-electron chi connectivity index (χ0n) is 11.5. The standard InChI is InChI=1S/C13H28N2O/c1-6-7-11(8-14)15-9-12(2,3)16-13(4,5)10-15/h11H,6-10,14H2,1-5H3. The summed E-state index contributed by atoms with van der Waals surface area (Å²) >= 11 is 0. The first-order chi connectivity index (χ1) is 7.29. The summed E-state index contributed by atoms with van der Waals surface area (Å²) in [7, 11) is 0. The Kier molecular flexibility index (Phi) is 4.38. The molecule has 0 saturated carbocycles. The average Bonchev–Trinajstić information content (AvgIpc) is 2.08. The highest BCUT2D eigenvalue weighted by atomic mass is 16.5. The van der Waals surface area contributed by atoms with Crippen molar-refractivity contribution in [3.63, 3.8) is 0 Å². The normalized spacial score (nSPS) is 26.6. The Bertz CT molecular complexity index is 210. The quantitative estimate of drug-likeness (QED) is 0.800. The fourth-order valence-corrected chi connectivity index (χ4v) is 2.89. The molecule has 1 atom stereocenters. The van der Waals surface area contributed by atoms with Crippen LogP contribution in [0.15, 0.2) is 0 Å². The summed E-state index contributed by atoms with van der Waals surface area (Å²) in [5, 5.41) is 0. The monoisotopic (exact) mass is 228 g/mol. The summed E-state index contributed by atoms with van der Waals surface area (Å²) < 4.78 is 6.08. The van der Waals surface area contributed by atoms with Gasteiger partial charge in [0.25, 0.3) is 0 Å². The van der Waals surface area contributed by atoms with E-state index < -0.39 is 0 Å².